The van der Waals surface area contributed by atoms with Gasteiger partial charge in [0.25, 0.3) is 0 Å². The van der Waals surface area contributed by atoms with Crippen molar-refractivity contribution in [3.05, 3.63) is 42.2 Å². The Morgan fingerprint density at radius 2 is 1.84 bits per heavy atom. The zero-order valence-corrected chi connectivity index (χ0v) is 11.8. The molecule has 0 radical (unpaired) electrons. The van der Waals surface area contributed by atoms with Gasteiger partial charge in [0.05, 0.1) is 0 Å². The van der Waals surface area contributed by atoms with Crippen LogP contribution < -0.4 is 0 Å². The Morgan fingerprint density at radius 3 is 2.37 bits per heavy atom. The number of carbonyl (C=O) groups is 1. The fourth-order valence-electron chi connectivity index (χ4n) is 1.28. The van der Waals surface area contributed by atoms with Gasteiger partial charge < -0.3 is 8.92 Å². The van der Waals surface area contributed by atoms with Crippen LogP contribution in [-0.2, 0) is 23.8 Å². The predicted molar refractivity (Wildman–Crippen MR) is 69.8 cm³/mol. The van der Waals surface area contributed by atoms with Gasteiger partial charge in [-0.3, -0.25) is 4.79 Å². The molecule has 0 amide bonds. The Bertz CT molecular complexity index is 557. The molecule has 1 rings (SSSR count). The highest BCUT2D eigenvalue weighted by atomic mass is 32.2. The lowest BCUT2D eigenvalue weighted by atomic mass is 10.2. The number of aryl methyl sites for hydroxylation is 1. The quantitative estimate of drug-likeness (QED) is 0.471. The molecule has 0 heterocycles. The van der Waals surface area contributed by atoms with Crippen LogP contribution in [0.5, 0.6) is 0 Å². The van der Waals surface area contributed by atoms with Crippen LogP contribution in [0.1, 0.15) is 19.4 Å². The van der Waals surface area contributed by atoms with Crippen molar-refractivity contribution in [2.45, 2.75) is 31.8 Å². The molecule has 0 saturated carbocycles. The summed E-state index contributed by atoms with van der Waals surface area (Å²) in [6, 6.07) is 6.30. The minimum atomic E-state index is -3.83. The van der Waals surface area contributed by atoms with Gasteiger partial charge in [0.1, 0.15) is 17.3 Å². The van der Waals surface area contributed by atoms with Crippen molar-refractivity contribution in [3.8, 4) is 0 Å². The van der Waals surface area contributed by atoms with E-state index in [4.69, 9.17) is 8.92 Å². The monoisotopic (exact) mass is 284 g/mol. The van der Waals surface area contributed by atoms with Gasteiger partial charge >= 0.3 is 16.1 Å². The van der Waals surface area contributed by atoms with Crippen molar-refractivity contribution < 1.29 is 22.1 Å². The molecular formula is C13H16O5S. The molecule has 1 unspecified atom stereocenters. The molecule has 0 bridgehead atoms. The topological polar surface area (TPSA) is 69.7 Å². The molecule has 6 heteroatoms. The lowest BCUT2D eigenvalue weighted by Crippen LogP contribution is -2.09. The smallest absolute Gasteiger partial charge is 0.338 e. The summed E-state index contributed by atoms with van der Waals surface area (Å²) in [6.07, 6.45) is 1.79. The Kier molecular flexibility index (Phi) is 5.11. The van der Waals surface area contributed by atoms with E-state index in [0.29, 0.717) is 0 Å². The summed E-state index contributed by atoms with van der Waals surface area (Å²) in [6.45, 7) is 4.73. The fourth-order valence-corrected chi connectivity index (χ4v) is 2.07. The van der Waals surface area contributed by atoms with E-state index in [0.717, 1.165) is 11.8 Å². The second kappa shape index (κ2) is 6.38. The van der Waals surface area contributed by atoms with E-state index in [1.165, 1.54) is 25.1 Å². The van der Waals surface area contributed by atoms with Crippen LogP contribution in [-0.4, -0.2) is 20.5 Å². The Morgan fingerprint density at radius 1 is 1.26 bits per heavy atom. The van der Waals surface area contributed by atoms with Crippen LogP contribution >= 0.6 is 0 Å². The van der Waals surface area contributed by atoms with E-state index in [1.54, 1.807) is 19.1 Å². The first kappa shape index (κ1) is 15.2. The number of carbonyl (C=O) groups excluding carboxylic acids is 1. The van der Waals surface area contributed by atoms with Gasteiger partial charge in [-0.1, -0.05) is 17.7 Å². The molecule has 0 spiro atoms. The maximum absolute atomic E-state index is 11.8. The normalized spacial score (nSPS) is 13.2. The summed E-state index contributed by atoms with van der Waals surface area (Å²) in [5.41, 5.74) is 0.956. The van der Waals surface area contributed by atoms with E-state index < -0.39 is 22.2 Å². The zero-order chi connectivity index (χ0) is 14.5. The molecule has 1 atom stereocenters. The summed E-state index contributed by atoms with van der Waals surface area (Å²) in [5, 5.41) is 0. The molecule has 0 aliphatic rings. The van der Waals surface area contributed by atoms with Crippen molar-refractivity contribution >= 4 is 16.1 Å². The van der Waals surface area contributed by atoms with Crippen LogP contribution in [0.4, 0.5) is 0 Å². The second-order valence-corrected chi connectivity index (χ2v) is 5.58. The summed E-state index contributed by atoms with van der Waals surface area (Å²) < 4.78 is 33.0. The Balaban J connectivity index is 2.68. The standard InChI is InChI=1S/C13H16O5S/c1-10-4-6-13(7-5-10)19(15,16)17-9-8-11(2)18-12(3)14/h4-9,11H,1-3H3. The van der Waals surface area contributed by atoms with Crippen molar-refractivity contribution in [1.29, 1.82) is 0 Å². The third-order valence-electron chi connectivity index (χ3n) is 2.19. The molecule has 0 fully saturated rings. The first-order valence-electron chi connectivity index (χ1n) is 5.65. The minimum absolute atomic E-state index is 0.0721. The number of hydrogen-bond acceptors (Lipinski definition) is 5. The summed E-state index contributed by atoms with van der Waals surface area (Å²) in [7, 11) is -3.83. The van der Waals surface area contributed by atoms with E-state index >= 15 is 0 Å². The molecule has 19 heavy (non-hydrogen) atoms. The van der Waals surface area contributed by atoms with Gasteiger partial charge in [-0.25, -0.2) is 0 Å². The molecular weight excluding hydrogens is 268 g/mol. The van der Waals surface area contributed by atoms with Gasteiger partial charge in [0.2, 0.25) is 0 Å². The van der Waals surface area contributed by atoms with Gasteiger partial charge in [-0.2, -0.15) is 8.42 Å². The summed E-state index contributed by atoms with van der Waals surface area (Å²) in [5.74, 6) is -0.446. The van der Waals surface area contributed by atoms with Crippen molar-refractivity contribution in [2.75, 3.05) is 0 Å². The van der Waals surface area contributed by atoms with Crippen LogP contribution in [0, 0.1) is 6.92 Å². The Hall–Kier alpha value is -1.82. The highest BCUT2D eigenvalue weighted by Gasteiger charge is 2.13. The van der Waals surface area contributed by atoms with Crippen LogP contribution in [0.25, 0.3) is 0 Å². The first-order valence-corrected chi connectivity index (χ1v) is 7.06. The lowest BCUT2D eigenvalue weighted by Gasteiger charge is -2.06. The molecule has 0 N–H and O–H groups in total. The molecule has 104 valence electrons. The molecule has 0 aliphatic carbocycles. The Labute approximate surface area is 113 Å². The van der Waals surface area contributed by atoms with Crippen LogP contribution in [0.2, 0.25) is 0 Å². The number of hydrogen-bond donors (Lipinski definition) is 0. The van der Waals surface area contributed by atoms with Gasteiger partial charge in [-0.05, 0) is 32.1 Å². The molecule has 0 aromatic heterocycles. The third-order valence-corrected chi connectivity index (χ3v) is 3.41. The number of esters is 1. The lowest BCUT2D eigenvalue weighted by molar-refractivity contribution is -0.143. The molecule has 0 aliphatic heterocycles. The maximum Gasteiger partial charge on any atom is 0.338 e. The molecule has 1 aromatic carbocycles. The second-order valence-electron chi connectivity index (χ2n) is 4.01. The van der Waals surface area contributed by atoms with E-state index in [9.17, 15) is 13.2 Å². The largest absolute Gasteiger partial charge is 0.458 e. The van der Waals surface area contributed by atoms with Gasteiger partial charge in [0.15, 0.2) is 0 Å². The number of benzene rings is 1. The van der Waals surface area contributed by atoms with Gasteiger partial charge in [0, 0.05) is 6.92 Å². The van der Waals surface area contributed by atoms with Crippen molar-refractivity contribution in [2.24, 2.45) is 0 Å². The number of rotatable bonds is 5. The highest BCUT2D eigenvalue weighted by molar-refractivity contribution is 7.86. The summed E-state index contributed by atoms with van der Waals surface area (Å²) in [4.78, 5) is 10.7. The fraction of sp³-hybridized carbons (Fsp3) is 0.308. The van der Waals surface area contributed by atoms with Gasteiger partial charge in [-0.15, -0.1) is 0 Å². The van der Waals surface area contributed by atoms with E-state index in [1.807, 2.05) is 6.92 Å². The zero-order valence-electron chi connectivity index (χ0n) is 11.0. The van der Waals surface area contributed by atoms with Crippen molar-refractivity contribution in [1.82, 2.24) is 0 Å². The third kappa shape index (κ3) is 5.13. The minimum Gasteiger partial charge on any atom is -0.458 e. The SMILES string of the molecule is CC(=O)OC(C)C=COS(=O)(=O)c1ccc(C)cc1. The maximum atomic E-state index is 11.8. The average Bonchev–Trinajstić information content (AvgIpc) is 2.28. The average molecular weight is 284 g/mol. The van der Waals surface area contributed by atoms with E-state index in [-0.39, 0.29) is 4.90 Å². The molecule has 1 aromatic rings. The van der Waals surface area contributed by atoms with Crippen LogP contribution in [0.3, 0.4) is 0 Å². The molecule has 0 saturated heterocycles. The predicted octanol–water partition coefficient (Wildman–Crippen LogP) is 2.17. The highest BCUT2D eigenvalue weighted by Crippen LogP contribution is 2.13. The van der Waals surface area contributed by atoms with Crippen molar-refractivity contribution in [3.63, 3.8) is 0 Å². The number of ether oxygens (including phenoxy) is 1. The van der Waals surface area contributed by atoms with E-state index in [2.05, 4.69) is 0 Å². The van der Waals surface area contributed by atoms with Crippen LogP contribution in [0.15, 0.2) is 41.5 Å². The first-order chi connectivity index (χ1) is 8.81. The summed E-state index contributed by atoms with van der Waals surface area (Å²) >= 11 is 0. The molecule has 5 nitrogen and oxygen atoms in total.